The van der Waals surface area contributed by atoms with Gasteiger partial charge in [-0.3, -0.25) is 9.59 Å². The highest BCUT2D eigenvalue weighted by molar-refractivity contribution is 7.89. The number of amides is 2. The molecule has 2 heterocycles. The van der Waals surface area contributed by atoms with E-state index in [0.717, 1.165) is 0 Å². The summed E-state index contributed by atoms with van der Waals surface area (Å²) < 4.78 is 38.5. The molecule has 4 rings (SSSR count). The Morgan fingerprint density at radius 1 is 0.882 bits per heavy atom. The molecule has 0 atom stereocenters. The van der Waals surface area contributed by atoms with Crippen molar-refractivity contribution < 1.29 is 27.5 Å². The minimum Gasteiger partial charge on any atom is -0.379 e. The average molecular weight is 489 g/mol. The number of carbonyl (C=O) groups excluding carboxylic acids is 2. The van der Waals surface area contributed by atoms with Crippen molar-refractivity contribution in [3.63, 3.8) is 0 Å². The van der Waals surface area contributed by atoms with E-state index in [1.807, 2.05) is 4.90 Å². The summed E-state index contributed by atoms with van der Waals surface area (Å²) in [5.41, 5.74) is 1.70. The van der Waals surface area contributed by atoms with Gasteiger partial charge in [0.2, 0.25) is 10.0 Å². The quantitative estimate of drug-likeness (QED) is 0.627. The molecule has 0 radical (unpaired) electrons. The molecule has 0 aliphatic carbocycles. The van der Waals surface area contributed by atoms with Gasteiger partial charge in [0.15, 0.2) is 0 Å². The molecule has 2 amide bonds. The van der Waals surface area contributed by atoms with Crippen molar-refractivity contribution >= 4 is 33.2 Å². The lowest BCUT2D eigenvalue weighted by Gasteiger charge is -2.31. The Labute approximate surface area is 198 Å². The number of anilines is 2. The first-order valence-corrected chi connectivity index (χ1v) is 12.5. The minimum atomic E-state index is -3.78. The van der Waals surface area contributed by atoms with E-state index in [1.54, 1.807) is 36.4 Å². The molecule has 0 bridgehead atoms. The number of nitrogens with one attached hydrogen (secondary N) is 2. The van der Waals surface area contributed by atoms with Gasteiger partial charge in [-0.1, -0.05) is 6.07 Å². The SMILES string of the molecule is CNC(=O)c1cccc(NC(=O)c2cc(S(=O)(=O)N3CCOCC3)ccc2N2CCOCC2)c1. The smallest absolute Gasteiger partial charge is 0.257 e. The van der Waals surface area contributed by atoms with Crippen LogP contribution in [0.4, 0.5) is 11.4 Å². The highest BCUT2D eigenvalue weighted by atomic mass is 32.2. The molecule has 2 fully saturated rings. The fraction of sp³-hybridized carbons (Fsp3) is 0.391. The molecule has 0 spiro atoms. The number of hydrogen-bond acceptors (Lipinski definition) is 7. The molecule has 2 aliphatic rings. The van der Waals surface area contributed by atoms with Crippen LogP contribution < -0.4 is 15.5 Å². The van der Waals surface area contributed by atoms with E-state index in [0.29, 0.717) is 56.5 Å². The number of sulfonamides is 1. The van der Waals surface area contributed by atoms with Crippen LogP contribution in [0.25, 0.3) is 0 Å². The second-order valence-electron chi connectivity index (χ2n) is 7.91. The third-order valence-corrected chi connectivity index (χ3v) is 7.68. The number of benzene rings is 2. The van der Waals surface area contributed by atoms with E-state index in [9.17, 15) is 18.0 Å². The van der Waals surface area contributed by atoms with Crippen LogP contribution in [0.15, 0.2) is 47.4 Å². The first-order chi connectivity index (χ1) is 16.4. The largest absolute Gasteiger partial charge is 0.379 e. The number of ether oxygens (including phenoxy) is 2. The fourth-order valence-electron chi connectivity index (χ4n) is 3.95. The molecule has 0 unspecified atom stereocenters. The number of rotatable bonds is 6. The van der Waals surface area contributed by atoms with Gasteiger partial charge in [-0.05, 0) is 36.4 Å². The monoisotopic (exact) mass is 488 g/mol. The normalized spacial score (nSPS) is 17.3. The Bertz CT molecular complexity index is 1160. The van der Waals surface area contributed by atoms with Crippen LogP contribution in [-0.4, -0.2) is 84.2 Å². The molecule has 2 aliphatic heterocycles. The Balaban J connectivity index is 1.68. The summed E-state index contributed by atoms with van der Waals surface area (Å²) in [5, 5.41) is 5.36. The van der Waals surface area contributed by atoms with Crippen molar-refractivity contribution in [1.82, 2.24) is 9.62 Å². The van der Waals surface area contributed by atoms with Crippen LogP contribution >= 0.6 is 0 Å². The Hall–Kier alpha value is -2.99. The van der Waals surface area contributed by atoms with Crippen LogP contribution in [0.3, 0.4) is 0 Å². The zero-order valence-electron chi connectivity index (χ0n) is 19.0. The predicted octanol–water partition coefficient (Wildman–Crippen LogP) is 1.16. The Morgan fingerprint density at radius 3 is 2.24 bits per heavy atom. The number of carbonyl (C=O) groups is 2. The van der Waals surface area contributed by atoms with Crippen LogP contribution in [-0.2, 0) is 19.5 Å². The summed E-state index contributed by atoms with van der Waals surface area (Å²) in [6.07, 6.45) is 0. The van der Waals surface area contributed by atoms with Gasteiger partial charge in [-0.15, -0.1) is 0 Å². The van der Waals surface area contributed by atoms with Gasteiger partial charge >= 0.3 is 0 Å². The van der Waals surface area contributed by atoms with Crippen LogP contribution in [0.2, 0.25) is 0 Å². The van der Waals surface area contributed by atoms with E-state index in [2.05, 4.69) is 10.6 Å². The summed E-state index contributed by atoms with van der Waals surface area (Å²) in [6, 6.07) is 11.2. The molecule has 34 heavy (non-hydrogen) atoms. The maximum Gasteiger partial charge on any atom is 0.257 e. The third-order valence-electron chi connectivity index (χ3n) is 5.78. The molecule has 2 aromatic carbocycles. The molecule has 0 saturated carbocycles. The first-order valence-electron chi connectivity index (χ1n) is 11.1. The van der Waals surface area contributed by atoms with E-state index < -0.39 is 15.9 Å². The minimum absolute atomic E-state index is 0.0515. The van der Waals surface area contributed by atoms with Crippen LogP contribution in [0, 0.1) is 0 Å². The molecule has 2 saturated heterocycles. The Morgan fingerprint density at radius 2 is 1.56 bits per heavy atom. The topological polar surface area (TPSA) is 117 Å². The molecular formula is C23H28N4O6S. The van der Waals surface area contributed by atoms with Crippen molar-refractivity contribution in [3.05, 3.63) is 53.6 Å². The van der Waals surface area contributed by atoms with E-state index >= 15 is 0 Å². The molecule has 10 nitrogen and oxygen atoms in total. The molecule has 2 N–H and O–H groups in total. The zero-order chi connectivity index (χ0) is 24.1. The summed E-state index contributed by atoms with van der Waals surface area (Å²) in [6.45, 7) is 3.40. The summed E-state index contributed by atoms with van der Waals surface area (Å²) >= 11 is 0. The standard InChI is InChI=1S/C23H28N4O6S/c1-24-22(28)17-3-2-4-18(15-17)25-23(29)20-16-19(34(30,31)27-9-13-33-14-10-27)5-6-21(20)26-7-11-32-12-8-26/h2-6,15-16H,7-14H2,1H3,(H,24,28)(H,25,29). The molecule has 11 heteroatoms. The molecule has 0 aromatic heterocycles. The lowest BCUT2D eigenvalue weighted by Crippen LogP contribution is -2.41. The van der Waals surface area contributed by atoms with Gasteiger partial charge in [0.05, 0.1) is 36.9 Å². The van der Waals surface area contributed by atoms with Gasteiger partial charge in [-0.2, -0.15) is 4.31 Å². The van der Waals surface area contributed by atoms with E-state index in [4.69, 9.17) is 9.47 Å². The average Bonchev–Trinajstić information content (AvgIpc) is 2.89. The van der Waals surface area contributed by atoms with Gasteiger partial charge in [0.25, 0.3) is 11.8 Å². The second-order valence-corrected chi connectivity index (χ2v) is 9.85. The van der Waals surface area contributed by atoms with Gasteiger partial charge in [0.1, 0.15) is 0 Å². The fourth-order valence-corrected chi connectivity index (χ4v) is 5.39. The van der Waals surface area contributed by atoms with Crippen molar-refractivity contribution in [2.75, 3.05) is 69.9 Å². The van der Waals surface area contributed by atoms with Crippen LogP contribution in [0.1, 0.15) is 20.7 Å². The van der Waals surface area contributed by atoms with Crippen molar-refractivity contribution in [3.8, 4) is 0 Å². The number of hydrogen-bond donors (Lipinski definition) is 2. The Kier molecular flexibility index (Phi) is 7.47. The summed E-state index contributed by atoms with van der Waals surface area (Å²) in [5.74, 6) is -0.738. The summed E-state index contributed by atoms with van der Waals surface area (Å²) in [4.78, 5) is 27.4. The highest BCUT2D eigenvalue weighted by Gasteiger charge is 2.29. The van der Waals surface area contributed by atoms with Gasteiger partial charge < -0.3 is 25.0 Å². The highest BCUT2D eigenvalue weighted by Crippen LogP contribution is 2.28. The van der Waals surface area contributed by atoms with Gasteiger partial charge in [0, 0.05) is 50.2 Å². The van der Waals surface area contributed by atoms with Crippen LogP contribution in [0.5, 0.6) is 0 Å². The maximum absolute atomic E-state index is 13.4. The second kappa shape index (κ2) is 10.5. The predicted molar refractivity (Wildman–Crippen MR) is 127 cm³/mol. The molecular weight excluding hydrogens is 460 g/mol. The van der Waals surface area contributed by atoms with E-state index in [-0.39, 0.29) is 29.5 Å². The molecule has 2 aromatic rings. The maximum atomic E-state index is 13.4. The molecule has 182 valence electrons. The first kappa shape index (κ1) is 24.1. The number of nitrogens with zero attached hydrogens (tertiary/aromatic N) is 2. The van der Waals surface area contributed by atoms with Crippen molar-refractivity contribution in [1.29, 1.82) is 0 Å². The lowest BCUT2D eigenvalue weighted by atomic mass is 10.1. The third kappa shape index (κ3) is 5.22. The van der Waals surface area contributed by atoms with Crippen molar-refractivity contribution in [2.24, 2.45) is 0 Å². The lowest BCUT2D eigenvalue weighted by molar-refractivity contribution is 0.0730. The zero-order valence-corrected chi connectivity index (χ0v) is 19.8. The number of morpholine rings is 2. The van der Waals surface area contributed by atoms with Gasteiger partial charge in [-0.25, -0.2) is 8.42 Å². The van der Waals surface area contributed by atoms with Crippen molar-refractivity contribution in [2.45, 2.75) is 4.90 Å². The summed E-state index contributed by atoms with van der Waals surface area (Å²) in [7, 11) is -2.25. The van der Waals surface area contributed by atoms with E-state index in [1.165, 1.54) is 17.4 Å².